The molecule has 1 fully saturated rings. The molecule has 0 bridgehead atoms. The van der Waals surface area contributed by atoms with Crippen molar-refractivity contribution in [3.05, 3.63) is 17.0 Å². The van der Waals surface area contributed by atoms with Gasteiger partial charge in [0, 0.05) is 18.0 Å². The minimum atomic E-state index is -3.27. The standard InChI is InChI=1S/C10H14ClNO2S2/c1-8-4-5-12(7-8)16(13,14)10-3-2-9(6-11)15-10/h2-3,8H,4-7H2,1H3. The Morgan fingerprint density at radius 3 is 2.81 bits per heavy atom. The van der Waals surface area contributed by atoms with E-state index in [1.807, 2.05) is 0 Å². The summed E-state index contributed by atoms with van der Waals surface area (Å²) in [7, 11) is -3.27. The van der Waals surface area contributed by atoms with Crippen LogP contribution in [0, 0.1) is 5.92 Å². The third-order valence-electron chi connectivity index (χ3n) is 2.75. The first kappa shape index (κ1) is 12.4. The Balaban J connectivity index is 2.25. The van der Waals surface area contributed by atoms with Crippen molar-refractivity contribution in [2.75, 3.05) is 13.1 Å². The van der Waals surface area contributed by atoms with Crippen molar-refractivity contribution in [2.45, 2.75) is 23.4 Å². The molecule has 1 atom stereocenters. The van der Waals surface area contributed by atoms with Crippen LogP contribution in [-0.2, 0) is 15.9 Å². The highest BCUT2D eigenvalue weighted by molar-refractivity contribution is 7.91. The fourth-order valence-corrected chi connectivity index (χ4v) is 5.00. The van der Waals surface area contributed by atoms with Crippen LogP contribution < -0.4 is 0 Å². The first-order chi connectivity index (χ1) is 7.54. The number of alkyl halides is 1. The van der Waals surface area contributed by atoms with E-state index in [9.17, 15) is 8.42 Å². The molecule has 0 radical (unpaired) electrons. The van der Waals surface area contributed by atoms with Crippen molar-refractivity contribution in [3.8, 4) is 0 Å². The van der Waals surface area contributed by atoms with Gasteiger partial charge in [-0.15, -0.1) is 22.9 Å². The molecule has 0 N–H and O–H groups in total. The summed E-state index contributed by atoms with van der Waals surface area (Å²) in [6.07, 6.45) is 0.951. The van der Waals surface area contributed by atoms with Gasteiger partial charge < -0.3 is 0 Å². The summed E-state index contributed by atoms with van der Waals surface area (Å²) in [5, 5.41) is 0. The van der Waals surface area contributed by atoms with Crippen molar-refractivity contribution in [1.82, 2.24) is 4.31 Å². The number of halogens is 1. The van der Waals surface area contributed by atoms with Crippen LogP contribution in [0.5, 0.6) is 0 Å². The van der Waals surface area contributed by atoms with Gasteiger partial charge in [-0.3, -0.25) is 0 Å². The molecule has 1 aromatic heterocycles. The second-order valence-electron chi connectivity index (χ2n) is 4.11. The smallest absolute Gasteiger partial charge is 0.206 e. The number of hydrogen-bond donors (Lipinski definition) is 0. The lowest BCUT2D eigenvalue weighted by Gasteiger charge is -2.14. The van der Waals surface area contributed by atoms with Crippen LogP contribution in [0.4, 0.5) is 0 Å². The predicted octanol–water partition coefficient (Wildman–Crippen LogP) is 2.52. The first-order valence-electron chi connectivity index (χ1n) is 5.19. The van der Waals surface area contributed by atoms with E-state index in [0.717, 1.165) is 11.3 Å². The number of nitrogens with zero attached hydrogens (tertiary/aromatic N) is 1. The number of sulfonamides is 1. The number of rotatable bonds is 3. The molecule has 6 heteroatoms. The SMILES string of the molecule is CC1CCN(S(=O)(=O)c2ccc(CCl)s2)C1. The van der Waals surface area contributed by atoms with Crippen molar-refractivity contribution in [3.63, 3.8) is 0 Å². The van der Waals surface area contributed by atoms with Gasteiger partial charge in [0.1, 0.15) is 4.21 Å². The Morgan fingerprint density at radius 2 is 2.31 bits per heavy atom. The zero-order chi connectivity index (χ0) is 11.8. The zero-order valence-electron chi connectivity index (χ0n) is 9.02. The minimum Gasteiger partial charge on any atom is -0.206 e. The van der Waals surface area contributed by atoms with Crippen molar-refractivity contribution in [2.24, 2.45) is 5.92 Å². The third-order valence-corrected chi connectivity index (χ3v) is 6.61. The topological polar surface area (TPSA) is 37.4 Å². The molecule has 0 aromatic carbocycles. The van der Waals surface area contributed by atoms with Crippen molar-refractivity contribution in [1.29, 1.82) is 0 Å². The summed E-state index contributed by atoms with van der Waals surface area (Å²) in [4.78, 5) is 0.896. The Kier molecular flexibility index (Phi) is 3.59. The molecular formula is C10H14ClNO2S2. The summed E-state index contributed by atoms with van der Waals surface area (Å²) in [5.74, 6) is 0.832. The molecule has 90 valence electrons. The van der Waals surface area contributed by atoms with Crippen LogP contribution in [0.3, 0.4) is 0 Å². The van der Waals surface area contributed by atoms with Gasteiger partial charge >= 0.3 is 0 Å². The van der Waals surface area contributed by atoms with Crippen LogP contribution in [0.15, 0.2) is 16.3 Å². The Morgan fingerprint density at radius 1 is 1.56 bits per heavy atom. The molecule has 0 saturated carbocycles. The van der Waals surface area contributed by atoms with Crippen molar-refractivity contribution >= 4 is 33.0 Å². The maximum atomic E-state index is 12.2. The first-order valence-corrected chi connectivity index (χ1v) is 7.98. The van der Waals surface area contributed by atoms with Gasteiger partial charge in [-0.1, -0.05) is 6.92 Å². The van der Waals surface area contributed by atoms with E-state index in [2.05, 4.69) is 6.92 Å². The van der Waals surface area contributed by atoms with Gasteiger partial charge in [-0.25, -0.2) is 8.42 Å². The van der Waals surface area contributed by atoms with E-state index in [0.29, 0.717) is 29.1 Å². The molecule has 0 spiro atoms. The molecule has 0 aliphatic carbocycles. The van der Waals surface area contributed by atoms with Gasteiger partial charge in [0.2, 0.25) is 0 Å². The molecule has 16 heavy (non-hydrogen) atoms. The summed E-state index contributed by atoms with van der Waals surface area (Å²) in [5.41, 5.74) is 0. The van der Waals surface area contributed by atoms with Crippen LogP contribution in [0.1, 0.15) is 18.2 Å². The maximum absolute atomic E-state index is 12.2. The summed E-state index contributed by atoms with van der Waals surface area (Å²) in [6, 6.07) is 3.44. The van der Waals surface area contributed by atoms with Gasteiger partial charge in [0.15, 0.2) is 0 Å². The summed E-state index contributed by atoms with van der Waals surface area (Å²) < 4.78 is 26.4. The highest BCUT2D eigenvalue weighted by Crippen LogP contribution is 2.29. The van der Waals surface area contributed by atoms with Gasteiger partial charge in [0.05, 0.1) is 5.88 Å². The van der Waals surface area contributed by atoms with Crippen LogP contribution in [-0.4, -0.2) is 25.8 Å². The molecule has 2 rings (SSSR count). The fraction of sp³-hybridized carbons (Fsp3) is 0.600. The zero-order valence-corrected chi connectivity index (χ0v) is 11.4. The summed E-state index contributed by atoms with van der Waals surface area (Å²) in [6.45, 7) is 3.35. The van der Waals surface area contributed by atoms with Gasteiger partial charge in [-0.05, 0) is 24.5 Å². The van der Waals surface area contributed by atoms with E-state index >= 15 is 0 Å². The highest BCUT2D eigenvalue weighted by atomic mass is 35.5. The highest BCUT2D eigenvalue weighted by Gasteiger charge is 2.31. The number of hydrogen-bond acceptors (Lipinski definition) is 3. The summed E-state index contributed by atoms with van der Waals surface area (Å²) >= 11 is 6.94. The van der Waals surface area contributed by atoms with E-state index in [1.54, 1.807) is 16.4 Å². The predicted molar refractivity (Wildman–Crippen MR) is 66.4 cm³/mol. The van der Waals surface area contributed by atoms with Gasteiger partial charge in [0.25, 0.3) is 10.0 Å². The van der Waals surface area contributed by atoms with Crippen LogP contribution in [0.2, 0.25) is 0 Å². The second kappa shape index (κ2) is 4.64. The maximum Gasteiger partial charge on any atom is 0.252 e. The van der Waals surface area contributed by atoms with E-state index in [-0.39, 0.29) is 0 Å². The Labute approximate surface area is 105 Å². The lowest BCUT2D eigenvalue weighted by atomic mass is 10.2. The molecule has 3 nitrogen and oxygen atoms in total. The van der Waals surface area contributed by atoms with Crippen molar-refractivity contribution < 1.29 is 8.42 Å². The molecule has 0 amide bonds. The van der Waals surface area contributed by atoms with E-state index in [1.165, 1.54) is 11.3 Å². The lowest BCUT2D eigenvalue weighted by molar-refractivity contribution is 0.466. The second-order valence-corrected chi connectivity index (χ2v) is 7.71. The molecule has 1 saturated heterocycles. The molecule has 1 unspecified atom stereocenters. The Hall–Kier alpha value is -0.100. The minimum absolute atomic E-state index is 0.372. The number of thiophene rings is 1. The van der Waals surface area contributed by atoms with E-state index in [4.69, 9.17) is 11.6 Å². The van der Waals surface area contributed by atoms with E-state index < -0.39 is 10.0 Å². The largest absolute Gasteiger partial charge is 0.252 e. The third kappa shape index (κ3) is 2.27. The molecule has 1 aromatic rings. The quantitative estimate of drug-likeness (QED) is 0.798. The average molecular weight is 280 g/mol. The van der Waals surface area contributed by atoms with Crippen LogP contribution >= 0.6 is 22.9 Å². The molecule has 1 aliphatic heterocycles. The monoisotopic (exact) mass is 279 g/mol. The molecule has 1 aliphatic rings. The molecular weight excluding hydrogens is 266 g/mol. The average Bonchev–Trinajstić information content (AvgIpc) is 2.85. The van der Waals surface area contributed by atoms with Crippen LogP contribution in [0.25, 0.3) is 0 Å². The fourth-order valence-electron chi connectivity index (χ4n) is 1.81. The van der Waals surface area contributed by atoms with Gasteiger partial charge in [-0.2, -0.15) is 4.31 Å². The lowest BCUT2D eigenvalue weighted by Crippen LogP contribution is -2.27. The molecule has 2 heterocycles. The Bertz CT molecular complexity index is 469. The normalized spacial score (nSPS) is 22.8.